The number of hydrogen-bond acceptors (Lipinski definition) is 4. The first-order valence-electron chi connectivity index (χ1n) is 6.78. The summed E-state index contributed by atoms with van der Waals surface area (Å²) in [4.78, 5) is 4.94. The summed E-state index contributed by atoms with van der Waals surface area (Å²) in [5.41, 5.74) is 0. The van der Waals surface area contributed by atoms with Crippen molar-refractivity contribution in [3.63, 3.8) is 0 Å². The third kappa shape index (κ3) is 5.03. The molecule has 0 N–H and O–H groups in total. The lowest BCUT2D eigenvalue weighted by Crippen LogP contribution is -2.42. The van der Waals surface area contributed by atoms with Gasteiger partial charge in [0.25, 0.3) is 0 Å². The zero-order valence-electron chi connectivity index (χ0n) is 10.6. The summed E-state index contributed by atoms with van der Waals surface area (Å²) in [6, 6.07) is 2.25. The van der Waals surface area contributed by atoms with E-state index in [-0.39, 0.29) is 0 Å². The van der Waals surface area contributed by atoms with Crippen LogP contribution in [0, 0.1) is 17.2 Å². The van der Waals surface area contributed by atoms with E-state index in [1.165, 1.54) is 19.4 Å². The third-order valence-electron chi connectivity index (χ3n) is 3.59. The van der Waals surface area contributed by atoms with Crippen molar-refractivity contribution >= 4 is 0 Å². The van der Waals surface area contributed by atoms with Crippen LogP contribution in [0.3, 0.4) is 0 Å². The Morgan fingerprint density at radius 3 is 2.65 bits per heavy atom. The van der Waals surface area contributed by atoms with Crippen LogP contribution in [-0.2, 0) is 4.74 Å². The molecule has 4 nitrogen and oxygen atoms in total. The van der Waals surface area contributed by atoms with Gasteiger partial charge >= 0.3 is 0 Å². The fraction of sp³-hybridized carbons (Fsp3) is 0.923. The molecule has 17 heavy (non-hydrogen) atoms. The number of morpholine rings is 1. The van der Waals surface area contributed by atoms with Gasteiger partial charge in [-0.05, 0) is 18.8 Å². The van der Waals surface area contributed by atoms with Gasteiger partial charge in [-0.15, -0.1) is 0 Å². The zero-order chi connectivity index (χ0) is 11.9. The van der Waals surface area contributed by atoms with Crippen molar-refractivity contribution in [2.24, 2.45) is 5.92 Å². The summed E-state index contributed by atoms with van der Waals surface area (Å²) in [5, 5.41) is 8.68. The number of rotatable bonds is 7. The second-order valence-electron chi connectivity index (χ2n) is 5.11. The van der Waals surface area contributed by atoms with Crippen molar-refractivity contribution in [1.29, 1.82) is 5.26 Å². The van der Waals surface area contributed by atoms with Crippen LogP contribution in [0.25, 0.3) is 0 Å². The fourth-order valence-electron chi connectivity index (χ4n) is 2.28. The zero-order valence-corrected chi connectivity index (χ0v) is 10.6. The SMILES string of the molecule is N#CCCN(CCN1CCOCC1)CC1CC1. The molecular weight excluding hydrogens is 214 g/mol. The van der Waals surface area contributed by atoms with Crippen molar-refractivity contribution < 1.29 is 4.74 Å². The lowest BCUT2D eigenvalue weighted by atomic mass is 10.3. The van der Waals surface area contributed by atoms with Crippen molar-refractivity contribution in [2.75, 3.05) is 52.5 Å². The Labute approximate surface area is 104 Å². The molecule has 1 saturated heterocycles. The predicted molar refractivity (Wildman–Crippen MR) is 66.7 cm³/mol. The van der Waals surface area contributed by atoms with Crippen LogP contribution in [0.15, 0.2) is 0 Å². The highest BCUT2D eigenvalue weighted by atomic mass is 16.5. The molecule has 1 heterocycles. The summed E-state index contributed by atoms with van der Waals surface area (Å²) >= 11 is 0. The van der Waals surface area contributed by atoms with Crippen LogP contribution in [0.2, 0.25) is 0 Å². The van der Waals surface area contributed by atoms with Gasteiger partial charge in [-0.3, -0.25) is 4.90 Å². The minimum Gasteiger partial charge on any atom is -0.379 e. The van der Waals surface area contributed by atoms with Gasteiger partial charge in [0.15, 0.2) is 0 Å². The number of ether oxygens (including phenoxy) is 1. The lowest BCUT2D eigenvalue weighted by Gasteiger charge is -2.29. The molecule has 0 bridgehead atoms. The molecule has 0 atom stereocenters. The Balaban J connectivity index is 1.65. The first-order valence-corrected chi connectivity index (χ1v) is 6.78. The van der Waals surface area contributed by atoms with Gasteiger partial charge in [0.05, 0.1) is 19.3 Å². The molecule has 1 saturated carbocycles. The molecule has 0 aromatic carbocycles. The molecule has 0 aromatic heterocycles. The molecule has 2 rings (SSSR count). The van der Waals surface area contributed by atoms with Crippen molar-refractivity contribution in [2.45, 2.75) is 19.3 Å². The van der Waals surface area contributed by atoms with E-state index >= 15 is 0 Å². The predicted octanol–water partition coefficient (Wildman–Crippen LogP) is 0.944. The molecule has 0 radical (unpaired) electrons. The summed E-state index contributed by atoms with van der Waals surface area (Å²) in [6.07, 6.45) is 3.44. The smallest absolute Gasteiger partial charge is 0.0635 e. The Bertz CT molecular complexity index is 254. The number of nitriles is 1. The van der Waals surface area contributed by atoms with E-state index < -0.39 is 0 Å². The monoisotopic (exact) mass is 237 g/mol. The third-order valence-corrected chi connectivity index (χ3v) is 3.59. The Morgan fingerprint density at radius 1 is 1.24 bits per heavy atom. The van der Waals surface area contributed by atoms with Crippen molar-refractivity contribution in [1.82, 2.24) is 9.80 Å². The molecule has 1 aliphatic carbocycles. The molecule has 2 fully saturated rings. The average Bonchev–Trinajstić information content (AvgIpc) is 3.18. The first-order chi connectivity index (χ1) is 8.38. The summed E-state index contributed by atoms with van der Waals surface area (Å²) in [5.74, 6) is 0.915. The second-order valence-corrected chi connectivity index (χ2v) is 5.11. The summed E-state index contributed by atoms with van der Waals surface area (Å²) < 4.78 is 5.35. The van der Waals surface area contributed by atoms with Gasteiger partial charge in [-0.25, -0.2) is 0 Å². The van der Waals surface area contributed by atoms with E-state index in [1.54, 1.807) is 0 Å². The van der Waals surface area contributed by atoms with Crippen LogP contribution in [0.1, 0.15) is 19.3 Å². The minimum atomic E-state index is 0.663. The maximum absolute atomic E-state index is 8.68. The maximum Gasteiger partial charge on any atom is 0.0635 e. The van der Waals surface area contributed by atoms with Crippen LogP contribution in [0.5, 0.6) is 0 Å². The maximum atomic E-state index is 8.68. The minimum absolute atomic E-state index is 0.663. The molecule has 0 aromatic rings. The lowest BCUT2D eigenvalue weighted by molar-refractivity contribution is 0.0332. The molecule has 2 aliphatic rings. The quantitative estimate of drug-likeness (QED) is 0.661. The fourth-order valence-corrected chi connectivity index (χ4v) is 2.28. The first kappa shape index (κ1) is 12.8. The van der Waals surface area contributed by atoms with Gasteiger partial charge in [0.2, 0.25) is 0 Å². The van der Waals surface area contributed by atoms with E-state index in [0.29, 0.717) is 6.42 Å². The second kappa shape index (κ2) is 6.95. The van der Waals surface area contributed by atoms with Gasteiger partial charge in [0, 0.05) is 45.7 Å². The molecule has 96 valence electrons. The summed E-state index contributed by atoms with van der Waals surface area (Å²) in [6.45, 7) is 8.26. The highest BCUT2D eigenvalue weighted by Gasteiger charge is 2.24. The molecule has 4 heteroatoms. The largest absolute Gasteiger partial charge is 0.379 e. The van der Waals surface area contributed by atoms with Crippen LogP contribution in [-0.4, -0.2) is 62.3 Å². The molecule has 0 spiro atoms. The van der Waals surface area contributed by atoms with Gasteiger partial charge in [-0.1, -0.05) is 0 Å². The highest BCUT2D eigenvalue weighted by molar-refractivity contribution is 4.80. The van der Waals surface area contributed by atoms with E-state index in [9.17, 15) is 0 Å². The van der Waals surface area contributed by atoms with Crippen molar-refractivity contribution in [3.05, 3.63) is 0 Å². The Morgan fingerprint density at radius 2 is 2.00 bits per heavy atom. The molecular formula is C13H23N3O. The van der Waals surface area contributed by atoms with E-state index in [2.05, 4.69) is 15.9 Å². The topological polar surface area (TPSA) is 39.5 Å². The van der Waals surface area contributed by atoms with Crippen molar-refractivity contribution in [3.8, 4) is 6.07 Å². The molecule has 0 unspecified atom stereocenters. The molecule has 0 amide bonds. The van der Waals surface area contributed by atoms with Crippen LogP contribution < -0.4 is 0 Å². The van der Waals surface area contributed by atoms with E-state index in [1.807, 2.05) is 0 Å². The molecule has 1 aliphatic heterocycles. The van der Waals surface area contributed by atoms with Gasteiger partial charge in [-0.2, -0.15) is 5.26 Å². The Hall–Kier alpha value is -0.630. The van der Waals surface area contributed by atoms with Gasteiger partial charge in [0.1, 0.15) is 0 Å². The van der Waals surface area contributed by atoms with Gasteiger partial charge < -0.3 is 9.64 Å². The van der Waals surface area contributed by atoms with E-state index in [4.69, 9.17) is 10.00 Å². The standard InChI is InChI=1S/C13H23N3O/c14-4-1-5-16(12-13-2-3-13)7-6-15-8-10-17-11-9-15/h13H,1-3,5-12H2. The van der Waals surface area contributed by atoms with Crippen LogP contribution in [0.4, 0.5) is 0 Å². The van der Waals surface area contributed by atoms with E-state index in [0.717, 1.165) is 51.9 Å². The normalized spacial score (nSPS) is 21.6. The summed E-state index contributed by atoms with van der Waals surface area (Å²) in [7, 11) is 0. The number of hydrogen-bond donors (Lipinski definition) is 0. The average molecular weight is 237 g/mol. The Kier molecular flexibility index (Phi) is 5.24. The number of nitrogens with zero attached hydrogens (tertiary/aromatic N) is 3. The highest BCUT2D eigenvalue weighted by Crippen LogP contribution is 2.29. The van der Waals surface area contributed by atoms with Crippen LogP contribution >= 0.6 is 0 Å².